The number of Topliss-reactive ketones (excluding diaryl/α,β-unsaturated/α-hetero) is 1. The maximum Gasteiger partial charge on any atom is 0.180 e. The average Bonchev–Trinajstić information content (AvgIpc) is 2.62. The molecule has 1 heterocycles. The number of alkyl halides is 1. The van der Waals surface area contributed by atoms with Gasteiger partial charge in [-0.1, -0.05) is 13.8 Å². The highest BCUT2D eigenvalue weighted by molar-refractivity contribution is 6.30. The van der Waals surface area contributed by atoms with Gasteiger partial charge in [0.1, 0.15) is 0 Å². The molecule has 1 saturated carbocycles. The number of aromatic nitrogens is 2. The highest BCUT2D eigenvalue weighted by atomic mass is 35.5. The van der Waals surface area contributed by atoms with Crippen LogP contribution in [0.3, 0.4) is 0 Å². The molecule has 1 aromatic heterocycles. The molecule has 2 rings (SSSR count). The summed E-state index contributed by atoms with van der Waals surface area (Å²) in [6.07, 6.45) is 5.89. The van der Waals surface area contributed by atoms with E-state index in [-0.39, 0.29) is 11.7 Å². The van der Waals surface area contributed by atoms with Crippen molar-refractivity contribution in [2.24, 2.45) is 11.3 Å². The molecule has 1 fully saturated rings. The minimum Gasteiger partial charge on any atom is -0.293 e. The van der Waals surface area contributed by atoms with Gasteiger partial charge in [0.2, 0.25) is 0 Å². The molecule has 0 saturated heterocycles. The molecule has 88 valence electrons. The van der Waals surface area contributed by atoms with Gasteiger partial charge in [-0.15, -0.1) is 11.6 Å². The maximum absolute atomic E-state index is 11.3. The Morgan fingerprint density at radius 3 is 2.88 bits per heavy atom. The Labute approximate surface area is 101 Å². The third-order valence-corrected chi connectivity index (χ3v) is 3.45. The normalized spacial score (nSPS) is 19.4. The summed E-state index contributed by atoms with van der Waals surface area (Å²) in [4.78, 5) is 11.3. The Morgan fingerprint density at radius 2 is 2.31 bits per heavy atom. The van der Waals surface area contributed by atoms with Crippen LogP contribution in [0.1, 0.15) is 37.0 Å². The van der Waals surface area contributed by atoms with E-state index in [4.69, 9.17) is 11.6 Å². The number of carbonyl (C=O) groups is 1. The van der Waals surface area contributed by atoms with Gasteiger partial charge in [0, 0.05) is 12.7 Å². The molecule has 0 N–H and O–H groups in total. The summed E-state index contributed by atoms with van der Waals surface area (Å²) < 4.78 is 1.86. The molecule has 0 atom stereocenters. The number of nitrogens with zero attached hydrogens (tertiary/aromatic N) is 2. The molecule has 0 aliphatic heterocycles. The van der Waals surface area contributed by atoms with E-state index in [0.717, 1.165) is 6.54 Å². The van der Waals surface area contributed by atoms with Gasteiger partial charge < -0.3 is 0 Å². The van der Waals surface area contributed by atoms with Crippen LogP contribution in [0.5, 0.6) is 0 Å². The lowest BCUT2D eigenvalue weighted by Gasteiger charge is -2.42. The number of halogens is 1. The third kappa shape index (κ3) is 2.46. The van der Waals surface area contributed by atoms with Gasteiger partial charge in [-0.25, -0.2) is 0 Å². The Balaban J connectivity index is 1.91. The molecule has 4 heteroatoms. The van der Waals surface area contributed by atoms with Crippen molar-refractivity contribution in [1.29, 1.82) is 0 Å². The van der Waals surface area contributed by atoms with Crippen molar-refractivity contribution in [1.82, 2.24) is 9.78 Å². The van der Waals surface area contributed by atoms with E-state index < -0.39 is 0 Å². The first-order chi connectivity index (χ1) is 7.50. The molecule has 16 heavy (non-hydrogen) atoms. The second kappa shape index (κ2) is 4.21. The molecule has 0 spiro atoms. The zero-order valence-corrected chi connectivity index (χ0v) is 10.5. The monoisotopic (exact) mass is 240 g/mol. The lowest BCUT2D eigenvalue weighted by Crippen LogP contribution is -2.34. The predicted molar refractivity (Wildman–Crippen MR) is 63.8 cm³/mol. The minimum absolute atomic E-state index is 0.0299. The van der Waals surface area contributed by atoms with E-state index in [1.54, 1.807) is 12.4 Å². The number of rotatable bonds is 4. The molecule has 0 bridgehead atoms. The van der Waals surface area contributed by atoms with Gasteiger partial charge in [-0.05, 0) is 24.2 Å². The molecule has 0 radical (unpaired) electrons. The fourth-order valence-corrected chi connectivity index (χ4v) is 2.74. The second-order valence-corrected chi connectivity index (χ2v) is 5.71. The maximum atomic E-state index is 11.3. The van der Waals surface area contributed by atoms with E-state index >= 15 is 0 Å². The fraction of sp³-hybridized carbons (Fsp3) is 0.667. The SMILES string of the molecule is CC1(C)CC(Cn2cc(C(=O)CCl)cn2)C1. The quantitative estimate of drug-likeness (QED) is 0.599. The van der Waals surface area contributed by atoms with E-state index in [1.807, 2.05) is 4.68 Å². The van der Waals surface area contributed by atoms with Gasteiger partial charge in [0.25, 0.3) is 0 Å². The number of hydrogen-bond acceptors (Lipinski definition) is 2. The van der Waals surface area contributed by atoms with Crippen LogP contribution in [-0.2, 0) is 6.54 Å². The lowest BCUT2D eigenvalue weighted by molar-refractivity contribution is 0.0799. The highest BCUT2D eigenvalue weighted by Crippen LogP contribution is 2.45. The van der Waals surface area contributed by atoms with Crippen LogP contribution >= 0.6 is 11.6 Å². The molecule has 0 aromatic carbocycles. The Hall–Kier alpha value is -0.830. The van der Waals surface area contributed by atoms with Gasteiger partial charge in [-0.3, -0.25) is 9.48 Å². The topological polar surface area (TPSA) is 34.9 Å². The van der Waals surface area contributed by atoms with Gasteiger partial charge in [0.05, 0.1) is 17.6 Å². The zero-order chi connectivity index (χ0) is 11.8. The van der Waals surface area contributed by atoms with Crippen LogP contribution in [0.15, 0.2) is 12.4 Å². The van der Waals surface area contributed by atoms with Crippen LogP contribution in [0.2, 0.25) is 0 Å². The van der Waals surface area contributed by atoms with E-state index in [1.165, 1.54) is 12.8 Å². The van der Waals surface area contributed by atoms with E-state index in [2.05, 4.69) is 18.9 Å². The smallest absolute Gasteiger partial charge is 0.180 e. The van der Waals surface area contributed by atoms with Gasteiger partial charge >= 0.3 is 0 Å². The number of carbonyl (C=O) groups excluding carboxylic acids is 1. The Morgan fingerprint density at radius 1 is 1.62 bits per heavy atom. The van der Waals surface area contributed by atoms with Crippen molar-refractivity contribution in [3.05, 3.63) is 18.0 Å². The molecule has 3 nitrogen and oxygen atoms in total. The zero-order valence-electron chi connectivity index (χ0n) is 9.74. The van der Waals surface area contributed by atoms with Gasteiger partial charge in [0.15, 0.2) is 5.78 Å². The summed E-state index contributed by atoms with van der Waals surface area (Å²) in [5.74, 6) is 0.679. The van der Waals surface area contributed by atoms with Crippen molar-refractivity contribution >= 4 is 17.4 Å². The summed E-state index contributed by atoms with van der Waals surface area (Å²) in [7, 11) is 0. The summed E-state index contributed by atoms with van der Waals surface area (Å²) in [5, 5.41) is 4.19. The molecule has 1 aliphatic carbocycles. The van der Waals surface area contributed by atoms with Crippen LogP contribution in [0.25, 0.3) is 0 Å². The van der Waals surface area contributed by atoms with E-state index in [9.17, 15) is 4.79 Å². The first kappa shape index (κ1) is 11.6. The van der Waals surface area contributed by atoms with Crippen LogP contribution in [0, 0.1) is 11.3 Å². The average molecular weight is 241 g/mol. The molecular weight excluding hydrogens is 224 g/mol. The van der Waals surface area contributed by atoms with Gasteiger partial charge in [-0.2, -0.15) is 5.10 Å². The van der Waals surface area contributed by atoms with Crippen molar-refractivity contribution in [3.8, 4) is 0 Å². The molecule has 1 aliphatic rings. The van der Waals surface area contributed by atoms with Crippen molar-refractivity contribution in [3.63, 3.8) is 0 Å². The number of hydrogen-bond donors (Lipinski definition) is 0. The first-order valence-corrected chi connectivity index (χ1v) is 6.15. The van der Waals surface area contributed by atoms with Crippen molar-refractivity contribution < 1.29 is 4.79 Å². The van der Waals surface area contributed by atoms with Crippen LogP contribution in [-0.4, -0.2) is 21.4 Å². The number of ketones is 1. The van der Waals surface area contributed by atoms with Crippen LogP contribution in [0.4, 0.5) is 0 Å². The first-order valence-electron chi connectivity index (χ1n) is 5.62. The Kier molecular flexibility index (Phi) is 3.06. The predicted octanol–water partition coefficient (Wildman–Crippen LogP) is 2.74. The lowest BCUT2D eigenvalue weighted by atomic mass is 9.64. The molecule has 1 aromatic rings. The Bertz CT molecular complexity index is 389. The largest absolute Gasteiger partial charge is 0.293 e. The van der Waals surface area contributed by atoms with E-state index in [0.29, 0.717) is 16.9 Å². The molecular formula is C12H17ClN2O. The standard InChI is InChI=1S/C12H17ClN2O/c1-12(2)3-9(4-12)7-15-8-10(6-14-15)11(16)5-13/h6,8-9H,3-5,7H2,1-2H3. The summed E-state index contributed by atoms with van der Waals surface area (Å²) in [6, 6.07) is 0. The van der Waals surface area contributed by atoms with Crippen molar-refractivity contribution in [2.45, 2.75) is 33.2 Å². The summed E-state index contributed by atoms with van der Waals surface area (Å²) in [6.45, 7) is 5.49. The summed E-state index contributed by atoms with van der Waals surface area (Å²) in [5.41, 5.74) is 1.11. The van der Waals surface area contributed by atoms with Crippen LogP contribution < -0.4 is 0 Å². The second-order valence-electron chi connectivity index (χ2n) is 5.45. The van der Waals surface area contributed by atoms with Crippen molar-refractivity contribution in [2.75, 3.05) is 5.88 Å². The fourth-order valence-electron chi connectivity index (χ4n) is 2.58. The molecule has 0 unspecified atom stereocenters. The molecule has 0 amide bonds. The highest BCUT2D eigenvalue weighted by Gasteiger charge is 2.36. The summed E-state index contributed by atoms with van der Waals surface area (Å²) >= 11 is 5.49. The third-order valence-electron chi connectivity index (χ3n) is 3.20. The minimum atomic E-state index is -0.0538.